The van der Waals surface area contributed by atoms with Crippen molar-refractivity contribution in [1.29, 1.82) is 0 Å². The summed E-state index contributed by atoms with van der Waals surface area (Å²) in [5.41, 5.74) is -0.749. The van der Waals surface area contributed by atoms with E-state index in [2.05, 4.69) is 0 Å². The summed E-state index contributed by atoms with van der Waals surface area (Å²) in [5, 5.41) is 20.5. The third-order valence-corrected chi connectivity index (χ3v) is 4.37. The van der Waals surface area contributed by atoms with Crippen LogP contribution in [0.5, 0.6) is 0 Å². The number of rotatable bonds is 3. The van der Waals surface area contributed by atoms with Crippen molar-refractivity contribution in [2.75, 3.05) is 0 Å². The highest BCUT2D eigenvalue weighted by Crippen LogP contribution is 2.36. The average molecular weight is 212 g/mol. The number of aliphatic hydroxyl groups is 2. The SMILES string of the molecule is OC(CC1CCCC1)C1(O)CCCCC1. The van der Waals surface area contributed by atoms with Crippen LogP contribution in [-0.4, -0.2) is 21.9 Å². The molecule has 2 aliphatic carbocycles. The van der Waals surface area contributed by atoms with E-state index in [-0.39, 0.29) is 0 Å². The summed E-state index contributed by atoms with van der Waals surface area (Å²) in [7, 11) is 0. The van der Waals surface area contributed by atoms with Crippen LogP contribution in [0.1, 0.15) is 64.2 Å². The zero-order valence-electron chi connectivity index (χ0n) is 9.62. The Morgan fingerprint density at radius 2 is 1.60 bits per heavy atom. The van der Waals surface area contributed by atoms with E-state index in [4.69, 9.17) is 0 Å². The first-order valence-corrected chi connectivity index (χ1v) is 6.61. The van der Waals surface area contributed by atoms with Gasteiger partial charge in [0.1, 0.15) is 0 Å². The second-order valence-electron chi connectivity index (χ2n) is 5.57. The van der Waals surface area contributed by atoms with Gasteiger partial charge in [-0.15, -0.1) is 0 Å². The summed E-state index contributed by atoms with van der Waals surface area (Å²) in [6.45, 7) is 0. The molecular formula is C13H24O2. The van der Waals surface area contributed by atoms with Gasteiger partial charge in [0.2, 0.25) is 0 Å². The van der Waals surface area contributed by atoms with Gasteiger partial charge in [0, 0.05) is 0 Å². The lowest BCUT2D eigenvalue weighted by Crippen LogP contribution is -2.44. The Morgan fingerprint density at radius 1 is 1.00 bits per heavy atom. The van der Waals surface area contributed by atoms with Gasteiger partial charge in [0.15, 0.2) is 0 Å². The van der Waals surface area contributed by atoms with Crippen molar-refractivity contribution < 1.29 is 10.2 Å². The highest BCUT2D eigenvalue weighted by Gasteiger charge is 2.37. The van der Waals surface area contributed by atoms with Gasteiger partial charge in [0.05, 0.1) is 11.7 Å². The van der Waals surface area contributed by atoms with Gasteiger partial charge in [-0.1, -0.05) is 44.9 Å². The highest BCUT2D eigenvalue weighted by atomic mass is 16.3. The lowest BCUT2D eigenvalue weighted by atomic mass is 9.78. The molecule has 0 amide bonds. The van der Waals surface area contributed by atoms with Gasteiger partial charge in [-0.2, -0.15) is 0 Å². The molecule has 0 saturated heterocycles. The summed E-state index contributed by atoms with van der Waals surface area (Å²) in [6.07, 6.45) is 10.5. The second-order valence-corrected chi connectivity index (χ2v) is 5.57. The molecule has 0 heterocycles. The molecule has 2 heteroatoms. The maximum Gasteiger partial charge on any atom is 0.0905 e. The molecule has 88 valence electrons. The van der Waals surface area contributed by atoms with Crippen molar-refractivity contribution in [3.8, 4) is 0 Å². The number of hydrogen-bond acceptors (Lipinski definition) is 2. The fourth-order valence-electron chi connectivity index (χ4n) is 3.28. The van der Waals surface area contributed by atoms with Crippen LogP contribution in [0.2, 0.25) is 0 Å². The quantitative estimate of drug-likeness (QED) is 0.755. The molecule has 0 aromatic carbocycles. The van der Waals surface area contributed by atoms with E-state index in [0.717, 1.165) is 32.1 Å². The normalized spacial score (nSPS) is 29.2. The van der Waals surface area contributed by atoms with Crippen molar-refractivity contribution in [1.82, 2.24) is 0 Å². The van der Waals surface area contributed by atoms with Gasteiger partial charge in [-0.05, 0) is 25.2 Å². The topological polar surface area (TPSA) is 40.5 Å². The Labute approximate surface area is 92.7 Å². The molecule has 1 unspecified atom stereocenters. The average Bonchev–Trinajstić information content (AvgIpc) is 2.71. The molecule has 0 bridgehead atoms. The minimum Gasteiger partial charge on any atom is -0.390 e. The predicted molar refractivity (Wildman–Crippen MR) is 60.6 cm³/mol. The van der Waals surface area contributed by atoms with Crippen LogP contribution in [0.25, 0.3) is 0 Å². The Morgan fingerprint density at radius 3 is 2.20 bits per heavy atom. The fraction of sp³-hybridized carbons (Fsp3) is 1.00. The van der Waals surface area contributed by atoms with Gasteiger partial charge in [0.25, 0.3) is 0 Å². The molecule has 0 aromatic heterocycles. The largest absolute Gasteiger partial charge is 0.390 e. The first-order chi connectivity index (χ1) is 7.21. The van der Waals surface area contributed by atoms with E-state index in [0.29, 0.717) is 5.92 Å². The zero-order chi connectivity index (χ0) is 10.7. The van der Waals surface area contributed by atoms with E-state index >= 15 is 0 Å². The molecule has 2 fully saturated rings. The van der Waals surface area contributed by atoms with Crippen LogP contribution in [0.15, 0.2) is 0 Å². The monoisotopic (exact) mass is 212 g/mol. The van der Waals surface area contributed by atoms with Gasteiger partial charge in [-0.3, -0.25) is 0 Å². The van der Waals surface area contributed by atoms with Crippen molar-refractivity contribution >= 4 is 0 Å². The lowest BCUT2D eigenvalue weighted by molar-refractivity contribution is -0.104. The van der Waals surface area contributed by atoms with E-state index in [1.54, 1.807) is 0 Å². The molecular weight excluding hydrogens is 188 g/mol. The first kappa shape index (κ1) is 11.4. The van der Waals surface area contributed by atoms with Crippen LogP contribution in [0.3, 0.4) is 0 Å². The summed E-state index contributed by atoms with van der Waals surface area (Å²) >= 11 is 0. The highest BCUT2D eigenvalue weighted by molar-refractivity contribution is 4.90. The number of hydrogen-bond donors (Lipinski definition) is 2. The molecule has 0 aromatic rings. The Balaban J connectivity index is 1.84. The standard InChI is InChI=1S/C13H24O2/c14-12(10-11-6-2-3-7-11)13(15)8-4-1-5-9-13/h11-12,14-15H,1-10H2. The predicted octanol–water partition coefficient (Wildman–Crippen LogP) is 2.62. The molecule has 2 rings (SSSR count). The molecule has 2 nitrogen and oxygen atoms in total. The maximum atomic E-state index is 10.4. The fourth-order valence-corrected chi connectivity index (χ4v) is 3.28. The summed E-state index contributed by atoms with van der Waals surface area (Å²) < 4.78 is 0. The van der Waals surface area contributed by atoms with Crippen LogP contribution < -0.4 is 0 Å². The van der Waals surface area contributed by atoms with Crippen molar-refractivity contribution in [2.24, 2.45) is 5.92 Å². The summed E-state index contributed by atoms with van der Waals surface area (Å²) in [4.78, 5) is 0. The summed E-state index contributed by atoms with van der Waals surface area (Å²) in [5.74, 6) is 0.672. The van der Waals surface area contributed by atoms with E-state index in [1.165, 1.54) is 32.1 Å². The molecule has 2 N–H and O–H groups in total. The minimum atomic E-state index is -0.749. The third kappa shape index (κ3) is 2.73. The zero-order valence-corrected chi connectivity index (χ0v) is 9.62. The third-order valence-electron chi connectivity index (χ3n) is 4.37. The van der Waals surface area contributed by atoms with Crippen molar-refractivity contribution in [2.45, 2.75) is 75.9 Å². The van der Waals surface area contributed by atoms with Crippen molar-refractivity contribution in [3.63, 3.8) is 0 Å². The Kier molecular flexibility index (Phi) is 3.68. The van der Waals surface area contributed by atoms with Crippen molar-refractivity contribution in [3.05, 3.63) is 0 Å². The Hall–Kier alpha value is -0.0800. The number of aliphatic hydroxyl groups excluding tert-OH is 1. The van der Waals surface area contributed by atoms with Gasteiger partial charge in [-0.25, -0.2) is 0 Å². The van der Waals surface area contributed by atoms with E-state index in [9.17, 15) is 10.2 Å². The molecule has 0 radical (unpaired) electrons. The minimum absolute atomic E-state index is 0.471. The first-order valence-electron chi connectivity index (χ1n) is 6.61. The van der Waals surface area contributed by atoms with Crippen LogP contribution >= 0.6 is 0 Å². The van der Waals surface area contributed by atoms with Crippen LogP contribution in [-0.2, 0) is 0 Å². The second kappa shape index (κ2) is 4.84. The Bertz CT molecular complexity index is 191. The molecule has 15 heavy (non-hydrogen) atoms. The van der Waals surface area contributed by atoms with Crippen LogP contribution in [0.4, 0.5) is 0 Å². The lowest BCUT2D eigenvalue weighted by Gasteiger charge is -2.37. The smallest absolute Gasteiger partial charge is 0.0905 e. The van der Waals surface area contributed by atoms with Crippen LogP contribution in [0, 0.1) is 5.92 Å². The summed E-state index contributed by atoms with van der Waals surface area (Å²) in [6, 6.07) is 0. The van der Waals surface area contributed by atoms with E-state index in [1.807, 2.05) is 0 Å². The molecule has 2 saturated carbocycles. The van der Waals surface area contributed by atoms with Gasteiger partial charge < -0.3 is 10.2 Å². The van der Waals surface area contributed by atoms with Gasteiger partial charge >= 0.3 is 0 Å². The maximum absolute atomic E-state index is 10.4. The molecule has 0 spiro atoms. The molecule has 0 aliphatic heterocycles. The molecule has 2 aliphatic rings. The molecule has 1 atom stereocenters. The van der Waals surface area contributed by atoms with E-state index < -0.39 is 11.7 Å².